The average Bonchev–Trinajstić information content (AvgIpc) is 2.83. The molecule has 4 heteroatoms. The third kappa shape index (κ3) is 1.60. The maximum atomic E-state index is 11.3. The molecule has 0 aromatic rings. The molecule has 0 aliphatic carbocycles. The van der Waals surface area contributed by atoms with Crippen molar-refractivity contribution in [2.75, 3.05) is 6.54 Å². The van der Waals surface area contributed by atoms with Crippen molar-refractivity contribution in [2.45, 2.75) is 37.8 Å². The van der Waals surface area contributed by atoms with E-state index in [9.17, 15) is 4.79 Å². The van der Waals surface area contributed by atoms with Crippen LogP contribution in [0.2, 0.25) is 0 Å². The smallest absolute Gasteiger partial charge is 0.228 e. The lowest BCUT2D eigenvalue weighted by Gasteiger charge is -2.32. The minimum absolute atomic E-state index is 0.280. The van der Waals surface area contributed by atoms with E-state index in [0.29, 0.717) is 12.1 Å². The van der Waals surface area contributed by atoms with Gasteiger partial charge in [0.05, 0.1) is 0 Å². The van der Waals surface area contributed by atoms with Gasteiger partial charge >= 0.3 is 0 Å². The van der Waals surface area contributed by atoms with Gasteiger partial charge in [-0.25, -0.2) is 4.31 Å². The maximum absolute atomic E-state index is 11.3. The van der Waals surface area contributed by atoms with Crippen LogP contribution in [-0.4, -0.2) is 33.7 Å². The lowest BCUT2D eigenvalue weighted by molar-refractivity contribution is -0.140. The topological polar surface area (TPSA) is 23.6 Å². The molecule has 86 valence electrons. The highest BCUT2D eigenvalue weighted by Gasteiger charge is 2.40. The molecule has 0 N–H and O–H groups in total. The normalized spacial score (nSPS) is 33.6. The molecular weight excluding hydrogens is 220 g/mol. The van der Waals surface area contributed by atoms with Crippen molar-refractivity contribution in [2.24, 2.45) is 0 Å². The molecule has 1 unspecified atom stereocenters. The zero-order chi connectivity index (χ0) is 11.1. The number of rotatable bonds is 3. The molecule has 0 aromatic heterocycles. The third-order valence-corrected chi connectivity index (χ3v) is 4.76. The van der Waals surface area contributed by atoms with E-state index in [1.807, 2.05) is 29.1 Å². The van der Waals surface area contributed by atoms with Gasteiger partial charge in [-0.15, -0.1) is 6.58 Å². The minimum Gasteiger partial charge on any atom is -0.314 e. The summed E-state index contributed by atoms with van der Waals surface area (Å²) in [4.78, 5) is 14.5. The summed E-state index contributed by atoms with van der Waals surface area (Å²) in [7, 11) is 0. The van der Waals surface area contributed by atoms with Crippen LogP contribution in [0, 0.1) is 0 Å². The second-order valence-corrected chi connectivity index (χ2v) is 5.81. The summed E-state index contributed by atoms with van der Waals surface area (Å²) in [6.45, 7) is 5.02. The molecule has 2 saturated heterocycles. The van der Waals surface area contributed by atoms with E-state index >= 15 is 0 Å². The van der Waals surface area contributed by atoms with Gasteiger partial charge in [-0.2, -0.15) is 0 Å². The van der Waals surface area contributed by atoms with Crippen LogP contribution in [-0.2, 0) is 4.79 Å². The number of carbonyl (C=O) groups is 1. The molecule has 1 amide bonds. The second kappa shape index (κ2) is 3.93. The Bertz CT molecular complexity index is 366. The van der Waals surface area contributed by atoms with E-state index in [1.54, 1.807) is 0 Å². The number of nitrogens with zero attached hydrogens (tertiary/aromatic N) is 2. The zero-order valence-electron chi connectivity index (χ0n) is 9.26. The first-order valence-electron chi connectivity index (χ1n) is 5.87. The highest BCUT2D eigenvalue weighted by molar-refractivity contribution is 8.00. The van der Waals surface area contributed by atoms with Gasteiger partial charge < -0.3 is 4.90 Å². The quantitative estimate of drug-likeness (QED) is 0.426. The summed E-state index contributed by atoms with van der Waals surface area (Å²) >= 11 is 1.83. The predicted octanol–water partition coefficient (Wildman–Crippen LogP) is 2.13. The van der Waals surface area contributed by atoms with Crippen molar-refractivity contribution < 1.29 is 4.79 Å². The molecule has 0 saturated carbocycles. The number of amides is 1. The fourth-order valence-corrected chi connectivity index (χ4v) is 3.89. The first kappa shape index (κ1) is 10.4. The molecule has 3 aliphatic rings. The van der Waals surface area contributed by atoms with Gasteiger partial charge in [0.2, 0.25) is 5.91 Å². The molecule has 3 nitrogen and oxygen atoms in total. The molecule has 3 heterocycles. The third-order valence-electron chi connectivity index (χ3n) is 3.57. The van der Waals surface area contributed by atoms with Crippen LogP contribution in [0.25, 0.3) is 0 Å². The lowest BCUT2D eigenvalue weighted by Crippen LogP contribution is -2.45. The number of hydrogen-bond donors (Lipinski definition) is 0. The van der Waals surface area contributed by atoms with Crippen LogP contribution in [0.15, 0.2) is 23.8 Å². The Morgan fingerprint density at radius 3 is 3.06 bits per heavy atom. The van der Waals surface area contributed by atoms with Crippen LogP contribution in [0.3, 0.4) is 0 Å². The zero-order valence-corrected chi connectivity index (χ0v) is 10.1. The lowest BCUT2D eigenvalue weighted by atomic mass is 10.0. The van der Waals surface area contributed by atoms with Crippen molar-refractivity contribution >= 4 is 17.9 Å². The standard InChI is InChI=1S/C12H16N2OS/c1-2-9-4-3-5-14(9)16-11-6-10-7-12(15)13(10)8-11/h2,8-10H,1,3-7H2/t9?,10-/m1/s1. The van der Waals surface area contributed by atoms with Crippen molar-refractivity contribution in [1.29, 1.82) is 0 Å². The van der Waals surface area contributed by atoms with Crippen molar-refractivity contribution in [1.82, 2.24) is 9.21 Å². The second-order valence-electron chi connectivity index (χ2n) is 4.64. The van der Waals surface area contributed by atoms with E-state index in [-0.39, 0.29) is 5.91 Å². The van der Waals surface area contributed by atoms with E-state index in [2.05, 4.69) is 10.9 Å². The molecule has 0 bridgehead atoms. The van der Waals surface area contributed by atoms with Gasteiger partial charge in [-0.1, -0.05) is 6.08 Å². The fraction of sp³-hybridized carbons (Fsp3) is 0.583. The van der Waals surface area contributed by atoms with Gasteiger partial charge in [-0.05, 0) is 24.8 Å². The first-order chi connectivity index (χ1) is 7.78. The molecule has 0 aromatic carbocycles. The summed E-state index contributed by atoms with van der Waals surface area (Å²) in [5.41, 5.74) is 0. The summed E-state index contributed by atoms with van der Waals surface area (Å²) in [6.07, 6.45) is 8.34. The molecule has 3 aliphatic heterocycles. The summed E-state index contributed by atoms with van der Waals surface area (Å²) in [5, 5.41) is 0. The van der Waals surface area contributed by atoms with Gasteiger partial charge in [0.15, 0.2) is 0 Å². The number of carbonyl (C=O) groups excluding carboxylic acids is 1. The SMILES string of the molecule is C=CC1CCCN1SC1=CN2C(=O)C[C@H]2C1. The molecule has 3 rings (SSSR count). The molecule has 16 heavy (non-hydrogen) atoms. The Morgan fingerprint density at radius 1 is 1.50 bits per heavy atom. The molecule has 0 radical (unpaired) electrons. The molecule has 2 fully saturated rings. The van der Waals surface area contributed by atoms with E-state index in [4.69, 9.17) is 0 Å². The van der Waals surface area contributed by atoms with Crippen LogP contribution in [0.4, 0.5) is 0 Å². The number of fused-ring (bicyclic) bond motifs is 1. The molecule has 2 atom stereocenters. The average molecular weight is 236 g/mol. The minimum atomic E-state index is 0.280. The summed E-state index contributed by atoms with van der Waals surface area (Å²) < 4.78 is 2.40. The first-order valence-corrected chi connectivity index (χ1v) is 6.64. The summed E-state index contributed by atoms with van der Waals surface area (Å²) in [6, 6.07) is 0.981. The fourth-order valence-electron chi connectivity index (χ4n) is 2.61. The van der Waals surface area contributed by atoms with Gasteiger partial charge in [0, 0.05) is 42.6 Å². The van der Waals surface area contributed by atoms with E-state index in [1.165, 1.54) is 17.7 Å². The van der Waals surface area contributed by atoms with Crippen LogP contribution in [0.5, 0.6) is 0 Å². The largest absolute Gasteiger partial charge is 0.314 e. The highest BCUT2D eigenvalue weighted by Crippen LogP contribution is 2.41. The Hall–Kier alpha value is -0.740. The van der Waals surface area contributed by atoms with Crippen LogP contribution in [0.1, 0.15) is 25.7 Å². The van der Waals surface area contributed by atoms with Gasteiger partial charge in [-0.3, -0.25) is 4.79 Å². The van der Waals surface area contributed by atoms with Crippen molar-refractivity contribution in [3.8, 4) is 0 Å². The molecule has 0 spiro atoms. The molecular formula is C12H16N2OS. The van der Waals surface area contributed by atoms with Gasteiger partial charge in [0.1, 0.15) is 0 Å². The van der Waals surface area contributed by atoms with Crippen LogP contribution >= 0.6 is 11.9 Å². The van der Waals surface area contributed by atoms with Gasteiger partial charge in [0.25, 0.3) is 0 Å². The predicted molar refractivity (Wildman–Crippen MR) is 65.5 cm³/mol. The monoisotopic (exact) mass is 236 g/mol. The van der Waals surface area contributed by atoms with E-state index in [0.717, 1.165) is 19.4 Å². The maximum Gasteiger partial charge on any atom is 0.228 e. The Kier molecular flexibility index (Phi) is 2.56. The Labute approximate surface area is 100 Å². The Balaban J connectivity index is 1.63. The Morgan fingerprint density at radius 2 is 2.38 bits per heavy atom. The van der Waals surface area contributed by atoms with Crippen molar-refractivity contribution in [3.63, 3.8) is 0 Å². The highest BCUT2D eigenvalue weighted by atomic mass is 32.2. The number of hydrogen-bond acceptors (Lipinski definition) is 3. The van der Waals surface area contributed by atoms with Crippen molar-refractivity contribution in [3.05, 3.63) is 23.8 Å². The number of β-lactam (4-membered cyclic amide) rings is 1. The van der Waals surface area contributed by atoms with E-state index < -0.39 is 0 Å². The summed E-state index contributed by atoms with van der Waals surface area (Å²) in [5.74, 6) is 0.280. The van der Waals surface area contributed by atoms with Crippen LogP contribution < -0.4 is 0 Å².